The van der Waals surface area contributed by atoms with Gasteiger partial charge >= 0.3 is 0 Å². The first kappa shape index (κ1) is 15.4. The maximum atomic E-state index is 14.4. The molecule has 1 aromatic carbocycles. The number of anilines is 1. The molecule has 0 spiro atoms. The van der Waals surface area contributed by atoms with Gasteiger partial charge in [-0.15, -0.1) is 0 Å². The smallest absolute Gasteiger partial charge is 0.186 e. The van der Waals surface area contributed by atoms with Crippen LogP contribution in [0.5, 0.6) is 0 Å². The molecule has 6 heteroatoms. The van der Waals surface area contributed by atoms with Crippen LogP contribution in [0.1, 0.15) is 38.3 Å². The summed E-state index contributed by atoms with van der Waals surface area (Å²) in [5, 5.41) is 3.18. The van der Waals surface area contributed by atoms with Gasteiger partial charge in [0.25, 0.3) is 0 Å². The van der Waals surface area contributed by atoms with Crippen LogP contribution in [-0.4, -0.2) is 19.9 Å². The summed E-state index contributed by atoms with van der Waals surface area (Å²) >= 11 is 0. The number of imidazole rings is 1. The van der Waals surface area contributed by atoms with E-state index in [4.69, 9.17) is 0 Å². The van der Waals surface area contributed by atoms with E-state index in [0.29, 0.717) is 12.1 Å². The molecule has 0 aliphatic rings. The van der Waals surface area contributed by atoms with Crippen LogP contribution in [0.2, 0.25) is 0 Å². The summed E-state index contributed by atoms with van der Waals surface area (Å²) in [6.45, 7) is 5.99. The highest BCUT2D eigenvalue weighted by molar-refractivity contribution is 5.74. The third-order valence-corrected chi connectivity index (χ3v) is 3.86. The van der Waals surface area contributed by atoms with Crippen molar-refractivity contribution >= 4 is 16.9 Å². The fraction of sp³-hybridized carbons (Fsp3) is 0.353. The number of halogens is 1. The van der Waals surface area contributed by atoms with Crippen molar-refractivity contribution in [2.45, 2.75) is 33.2 Å². The van der Waals surface area contributed by atoms with Gasteiger partial charge in [-0.1, -0.05) is 32.9 Å². The molecule has 3 rings (SSSR count). The predicted molar refractivity (Wildman–Crippen MR) is 88.7 cm³/mol. The van der Waals surface area contributed by atoms with Crippen molar-refractivity contribution < 1.29 is 4.39 Å². The van der Waals surface area contributed by atoms with Gasteiger partial charge in [0, 0.05) is 0 Å². The number of fused-ring (bicyclic) bond motifs is 1. The van der Waals surface area contributed by atoms with E-state index in [1.807, 2.05) is 31.2 Å². The zero-order valence-corrected chi connectivity index (χ0v) is 13.5. The Balaban J connectivity index is 1.96. The molecule has 2 aromatic heterocycles. The molecular weight excluding hydrogens is 293 g/mol. The summed E-state index contributed by atoms with van der Waals surface area (Å²) in [6, 6.07) is 7.66. The quantitative estimate of drug-likeness (QED) is 0.750. The SMILES string of the molecule is CCc1ncnc(N[C@@H](c2nc3ccccc3[nH]2)C(C)C)c1F. The number of benzene rings is 1. The van der Waals surface area contributed by atoms with Crippen molar-refractivity contribution in [1.82, 2.24) is 19.9 Å². The van der Waals surface area contributed by atoms with Crippen LogP contribution >= 0.6 is 0 Å². The summed E-state index contributed by atoms with van der Waals surface area (Å²) in [7, 11) is 0. The first-order valence-corrected chi connectivity index (χ1v) is 7.80. The van der Waals surface area contributed by atoms with E-state index < -0.39 is 5.82 Å². The van der Waals surface area contributed by atoms with Crippen molar-refractivity contribution in [2.24, 2.45) is 5.92 Å². The Labute approximate surface area is 134 Å². The van der Waals surface area contributed by atoms with Gasteiger partial charge in [0.1, 0.15) is 12.2 Å². The predicted octanol–water partition coefficient (Wildman–Crippen LogP) is 3.86. The summed E-state index contributed by atoms with van der Waals surface area (Å²) < 4.78 is 14.4. The van der Waals surface area contributed by atoms with Crippen molar-refractivity contribution in [1.29, 1.82) is 0 Å². The van der Waals surface area contributed by atoms with Crippen LogP contribution in [0.15, 0.2) is 30.6 Å². The topological polar surface area (TPSA) is 66.5 Å². The molecule has 120 valence electrons. The third-order valence-electron chi connectivity index (χ3n) is 3.86. The van der Waals surface area contributed by atoms with Gasteiger partial charge in [-0.05, 0) is 24.5 Å². The van der Waals surface area contributed by atoms with Gasteiger partial charge in [-0.2, -0.15) is 0 Å². The maximum Gasteiger partial charge on any atom is 0.186 e. The molecule has 2 heterocycles. The summed E-state index contributed by atoms with van der Waals surface area (Å²) in [4.78, 5) is 15.9. The highest BCUT2D eigenvalue weighted by Crippen LogP contribution is 2.27. The number of nitrogens with one attached hydrogen (secondary N) is 2. The molecule has 0 amide bonds. The third kappa shape index (κ3) is 3.02. The van der Waals surface area contributed by atoms with E-state index in [1.54, 1.807) is 0 Å². The highest BCUT2D eigenvalue weighted by Gasteiger charge is 2.22. The molecule has 0 aliphatic heterocycles. The lowest BCUT2D eigenvalue weighted by Gasteiger charge is -2.21. The van der Waals surface area contributed by atoms with Gasteiger partial charge in [0.15, 0.2) is 11.6 Å². The second-order valence-electron chi connectivity index (χ2n) is 5.84. The number of aromatic nitrogens is 4. The largest absolute Gasteiger partial charge is 0.357 e. The maximum absolute atomic E-state index is 14.4. The van der Waals surface area contributed by atoms with Crippen molar-refractivity contribution in [3.8, 4) is 0 Å². The van der Waals surface area contributed by atoms with E-state index >= 15 is 0 Å². The summed E-state index contributed by atoms with van der Waals surface area (Å²) in [5.41, 5.74) is 2.27. The minimum atomic E-state index is -0.392. The number of aryl methyl sites for hydroxylation is 1. The molecule has 0 saturated carbocycles. The molecule has 5 nitrogen and oxygen atoms in total. The van der Waals surface area contributed by atoms with Gasteiger partial charge in [0.2, 0.25) is 0 Å². The van der Waals surface area contributed by atoms with Crippen LogP contribution in [0.25, 0.3) is 11.0 Å². The molecule has 0 fully saturated rings. The van der Waals surface area contributed by atoms with Gasteiger partial charge in [-0.3, -0.25) is 0 Å². The van der Waals surface area contributed by atoms with Crippen LogP contribution in [0.4, 0.5) is 10.2 Å². The standard InChI is InChI=1S/C17H20FN5/c1-4-11-14(18)16(20-9-19-11)23-15(10(2)3)17-21-12-7-5-6-8-13(12)22-17/h5-10,15H,4H2,1-3H3,(H,21,22)(H,19,20,23)/t15-/m1/s1. The Morgan fingerprint density at radius 3 is 2.70 bits per heavy atom. The minimum absolute atomic E-state index is 0.170. The second kappa shape index (κ2) is 6.32. The normalized spacial score (nSPS) is 12.7. The van der Waals surface area contributed by atoms with E-state index in [1.165, 1.54) is 6.33 Å². The molecular formula is C17H20FN5. The number of para-hydroxylation sites is 2. The lowest BCUT2D eigenvalue weighted by molar-refractivity contribution is 0.516. The molecule has 0 unspecified atom stereocenters. The minimum Gasteiger partial charge on any atom is -0.357 e. The van der Waals surface area contributed by atoms with Crippen molar-refractivity contribution in [3.63, 3.8) is 0 Å². The molecule has 0 saturated heterocycles. The Hall–Kier alpha value is -2.50. The van der Waals surface area contributed by atoms with Gasteiger partial charge in [0.05, 0.1) is 22.8 Å². The Kier molecular flexibility index (Phi) is 4.23. The fourth-order valence-electron chi connectivity index (χ4n) is 2.57. The fourth-order valence-corrected chi connectivity index (χ4v) is 2.57. The first-order valence-electron chi connectivity index (χ1n) is 7.80. The number of H-pyrrole nitrogens is 1. The van der Waals surface area contributed by atoms with Crippen molar-refractivity contribution in [2.75, 3.05) is 5.32 Å². The Bertz CT molecular complexity index is 779. The molecule has 0 bridgehead atoms. The van der Waals surface area contributed by atoms with E-state index in [9.17, 15) is 4.39 Å². The Morgan fingerprint density at radius 2 is 2.00 bits per heavy atom. The molecule has 23 heavy (non-hydrogen) atoms. The van der Waals surface area contributed by atoms with Gasteiger partial charge < -0.3 is 10.3 Å². The molecule has 1 atom stereocenters. The lowest BCUT2D eigenvalue weighted by atomic mass is 10.0. The molecule has 2 N–H and O–H groups in total. The zero-order valence-electron chi connectivity index (χ0n) is 13.5. The molecule has 0 aliphatic carbocycles. The number of aromatic amines is 1. The summed E-state index contributed by atoms with van der Waals surface area (Å²) in [6.07, 6.45) is 1.92. The Morgan fingerprint density at radius 1 is 1.22 bits per heavy atom. The van der Waals surface area contributed by atoms with Crippen molar-refractivity contribution in [3.05, 3.63) is 47.9 Å². The second-order valence-corrected chi connectivity index (χ2v) is 5.84. The molecule has 0 radical (unpaired) electrons. The van der Waals surface area contributed by atoms with Crippen LogP contribution < -0.4 is 5.32 Å². The average molecular weight is 313 g/mol. The number of rotatable bonds is 5. The first-order chi connectivity index (χ1) is 11.1. The number of hydrogen-bond donors (Lipinski definition) is 2. The lowest BCUT2D eigenvalue weighted by Crippen LogP contribution is -2.20. The summed E-state index contributed by atoms with van der Waals surface area (Å²) in [5.74, 6) is 0.806. The zero-order chi connectivity index (χ0) is 16.4. The number of nitrogens with zero attached hydrogens (tertiary/aromatic N) is 3. The highest BCUT2D eigenvalue weighted by atomic mass is 19.1. The number of hydrogen-bond acceptors (Lipinski definition) is 4. The molecule has 3 aromatic rings. The van der Waals surface area contributed by atoms with Crippen LogP contribution in [0, 0.1) is 11.7 Å². The average Bonchev–Trinajstić information content (AvgIpc) is 2.97. The van der Waals surface area contributed by atoms with E-state index in [0.717, 1.165) is 16.9 Å². The van der Waals surface area contributed by atoms with E-state index in [2.05, 4.69) is 39.1 Å². The monoisotopic (exact) mass is 313 g/mol. The van der Waals surface area contributed by atoms with Crippen LogP contribution in [0.3, 0.4) is 0 Å². The van der Waals surface area contributed by atoms with Gasteiger partial charge in [-0.25, -0.2) is 19.3 Å². The van der Waals surface area contributed by atoms with E-state index in [-0.39, 0.29) is 17.8 Å². The van der Waals surface area contributed by atoms with Crippen LogP contribution in [-0.2, 0) is 6.42 Å².